The number of aromatic nitrogens is 3. The first-order chi connectivity index (χ1) is 14.1. The van der Waals surface area contributed by atoms with E-state index in [0.717, 1.165) is 27.6 Å². The third-order valence-electron chi connectivity index (χ3n) is 4.68. The van der Waals surface area contributed by atoms with Crippen LogP contribution in [0.25, 0.3) is 10.8 Å². The quantitative estimate of drug-likeness (QED) is 0.500. The molecule has 0 aliphatic rings. The molecule has 0 saturated carbocycles. The summed E-state index contributed by atoms with van der Waals surface area (Å²) in [6.45, 7) is 2.61. The number of benzene rings is 1. The Morgan fingerprint density at radius 3 is 2.83 bits per heavy atom. The minimum atomic E-state index is -0.215. The largest absolute Gasteiger partial charge is 0.485 e. The molecule has 0 spiro atoms. The van der Waals surface area contributed by atoms with E-state index in [-0.39, 0.29) is 18.2 Å². The Balaban J connectivity index is 1.42. The number of amides is 1. The van der Waals surface area contributed by atoms with E-state index >= 15 is 0 Å². The topological polar surface area (TPSA) is 81.4 Å². The van der Waals surface area contributed by atoms with Crippen molar-refractivity contribution in [2.45, 2.75) is 20.1 Å². The van der Waals surface area contributed by atoms with E-state index < -0.39 is 0 Å². The maximum absolute atomic E-state index is 12.7. The molecule has 0 unspecified atom stereocenters. The van der Waals surface area contributed by atoms with Crippen LogP contribution in [0, 0.1) is 6.92 Å². The summed E-state index contributed by atoms with van der Waals surface area (Å²) >= 11 is 0. The van der Waals surface area contributed by atoms with Crippen LogP contribution in [0.5, 0.6) is 5.75 Å². The van der Waals surface area contributed by atoms with Crippen LogP contribution in [0.1, 0.15) is 27.4 Å². The van der Waals surface area contributed by atoms with Crippen LogP contribution in [0.4, 0.5) is 0 Å². The van der Waals surface area contributed by atoms with Crippen molar-refractivity contribution in [3.8, 4) is 5.75 Å². The van der Waals surface area contributed by atoms with Gasteiger partial charge in [0, 0.05) is 55.2 Å². The van der Waals surface area contributed by atoms with E-state index in [9.17, 15) is 4.79 Å². The second-order valence-electron chi connectivity index (χ2n) is 6.78. The molecular formula is C22H20N4O3. The average molecular weight is 388 g/mol. The molecule has 1 aromatic carbocycles. The molecule has 4 rings (SSSR count). The SMILES string of the molecule is Cc1cnccc1CN(C)C(=O)c1cc(COc2cccc3cnccc23)on1. The molecule has 4 aromatic rings. The lowest BCUT2D eigenvalue weighted by molar-refractivity contribution is 0.0774. The third-order valence-corrected chi connectivity index (χ3v) is 4.68. The molecule has 3 aromatic heterocycles. The highest BCUT2D eigenvalue weighted by Gasteiger charge is 2.18. The number of rotatable bonds is 6. The molecular weight excluding hydrogens is 368 g/mol. The first-order valence-corrected chi connectivity index (χ1v) is 9.18. The van der Waals surface area contributed by atoms with Crippen molar-refractivity contribution in [3.05, 3.63) is 83.8 Å². The number of carbonyl (C=O) groups is 1. The molecule has 3 heterocycles. The Labute approximate surface area is 167 Å². The van der Waals surface area contributed by atoms with Crippen LogP contribution in [0.15, 0.2) is 65.7 Å². The Morgan fingerprint density at radius 2 is 1.97 bits per heavy atom. The lowest BCUT2D eigenvalue weighted by Gasteiger charge is -2.16. The van der Waals surface area contributed by atoms with E-state index in [1.165, 1.54) is 0 Å². The van der Waals surface area contributed by atoms with Gasteiger partial charge < -0.3 is 14.2 Å². The summed E-state index contributed by atoms with van der Waals surface area (Å²) in [5.74, 6) is 0.986. The number of pyridine rings is 2. The lowest BCUT2D eigenvalue weighted by atomic mass is 10.1. The Bertz CT molecular complexity index is 1150. The summed E-state index contributed by atoms with van der Waals surface area (Å²) in [5, 5.41) is 5.86. The zero-order valence-electron chi connectivity index (χ0n) is 16.2. The zero-order chi connectivity index (χ0) is 20.2. The molecule has 0 N–H and O–H groups in total. The van der Waals surface area contributed by atoms with Gasteiger partial charge in [0.25, 0.3) is 5.91 Å². The van der Waals surface area contributed by atoms with E-state index in [1.54, 1.807) is 42.8 Å². The number of hydrogen-bond donors (Lipinski definition) is 0. The van der Waals surface area contributed by atoms with Crippen LogP contribution >= 0.6 is 0 Å². The summed E-state index contributed by atoms with van der Waals surface area (Å²) in [6, 6.07) is 11.2. The van der Waals surface area contributed by atoms with Gasteiger partial charge in [-0.1, -0.05) is 17.3 Å². The third kappa shape index (κ3) is 4.08. The molecule has 0 aliphatic carbocycles. The zero-order valence-corrected chi connectivity index (χ0v) is 16.2. The molecule has 7 nitrogen and oxygen atoms in total. The van der Waals surface area contributed by atoms with Crippen LogP contribution in [-0.4, -0.2) is 33.0 Å². The lowest BCUT2D eigenvalue weighted by Crippen LogP contribution is -2.26. The Morgan fingerprint density at radius 1 is 1.14 bits per heavy atom. The van der Waals surface area contributed by atoms with Crippen molar-refractivity contribution in [3.63, 3.8) is 0 Å². The predicted octanol–water partition coefficient (Wildman–Crippen LogP) is 3.78. The van der Waals surface area contributed by atoms with Crippen molar-refractivity contribution in [2.24, 2.45) is 0 Å². The highest BCUT2D eigenvalue weighted by molar-refractivity contribution is 5.92. The molecule has 7 heteroatoms. The van der Waals surface area contributed by atoms with Crippen molar-refractivity contribution in [2.75, 3.05) is 7.05 Å². The fourth-order valence-corrected chi connectivity index (χ4v) is 3.05. The minimum absolute atomic E-state index is 0.175. The molecule has 146 valence electrons. The second kappa shape index (κ2) is 8.10. The van der Waals surface area contributed by atoms with Gasteiger partial charge in [0.2, 0.25) is 0 Å². The van der Waals surface area contributed by atoms with Crippen LogP contribution in [-0.2, 0) is 13.2 Å². The summed E-state index contributed by atoms with van der Waals surface area (Å²) in [5.41, 5.74) is 2.32. The highest BCUT2D eigenvalue weighted by Crippen LogP contribution is 2.25. The number of nitrogens with zero attached hydrogens (tertiary/aromatic N) is 4. The second-order valence-corrected chi connectivity index (χ2v) is 6.78. The van der Waals surface area contributed by atoms with E-state index in [1.807, 2.05) is 37.3 Å². The highest BCUT2D eigenvalue weighted by atomic mass is 16.5. The number of carbonyl (C=O) groups excluding carboxylic acids is 1. The van der Waals surface area contributed by atoms with Gasteiger partial charge >= 0.3 is 0 Å². The number of aryl methyl sites for hydroxylation is 1. The molecule has 29 heavy (non-hydrogen) atoms. The van der Waals surface area contributed by atoms with Gasteiger partial charge in [-0.05, 0) is 36.2 Å². The standard InChI is InChI=1S/C22H20N4O3/c1-15-11-23-8-6-17(15)13-26(2)22(27)20-10-18(29-25-20)14-28-21-5-3-4-16-12-24-9-7-19(16)21/h3-12H,13-14H2,1-2H3. The van der Waals surface area contributed by atoms with Crippen LogP contribution < -0.4 is 4.74 Å². The smallest absolute Gasteiger partial charge is 0.276 e. The fourth-order valence-electron chi connectivity index (χ4n) is 3.05. The number of hydrogen-bond acceptors (Lipinski definition) is 6. The van der Waals surface area contributed by atoms with Crippen molar-refractivity contribution < 1.29 is 14.1 Å². The van der Waals surface area contributed by atoms with Crippen LogP contribution in [0.3, 0.4) is 0 Å². The molecule has 0 bridgehead atoms. The van der Waals surface area contributed by atoms with E-state index in [4.69, 9.17) is 9.26 Å². The molecule has 0 fully saturated rings. The summed E-state index contributed by atoms with van der Waals surface area (Å²) in [7, 11) is 1.73. The van der Waals surface area contributed by atoms with Crippen molar-refractivity contribution >= 4 is 16.7 Å². The van der Waals surface area contributed by atoms with Gasteiger partial charge in [0.1, 0.15) is 12.4 Å². The van der Waals surface area contributed by atoms with Gasteiger partial charge in [-0.15, -0.1) is 0 Å². The molecule has 1 amide bonds. The van der Waals surface area contributed by atoms with E-state index in [0.29, 0.717) is 12.3 Å². The average Bonchev–Trinajstić information content (AvgIpc) is 3.22. The first-order valence-electron chi connectivity index (χ1n) is 9.18. The van der Waals surface area contributed by atoms with Crippen LogP contribution in [0.2, 0.25) is 0 Å². The number of fused-ring (bicyclic) bond motifs is 1. The molecule has 0 saturated heterocycles. The van der Waals surface area contributed by atoms with Gasteiger partial charge in [-0.25, -0.2) is 0 Å². The van der Waals surface area contributed by atoms with Crippen molar-refractivity contribution in [1.29, 1.82) is 0 Å². The maximum atomic E-state index is 12.7. The summed E-state index contributed by atoms with van der Waals surface area (Å²) in [4.78, 5) is 22.5. The Kier molecular flexibility index (Phi) is 5.20. The van der Waals surface area contributed by atoms with Crippen molar-refractivity contribution in [1.82, 2.24) is 20.0 Å². The first kappa shape index (κ1) is 18.6. The van der Waals surface area contributed by atoms with Gasteiger partial charge in [0.15, 0.2) is 11.5 Å². The predicted molar refractivity (Wildman–Crippen MR) is 107 cm³/mol. The summed E-state index contributed by atoms with van der Waals surface area (Å²) in [6.07, 6.45) is 7.01. The monoisotopic (exact) mass is 388 g/mol. The fraction of sp³-hybridized carbons (Fsp3) is 0.182. The van der Waals surface area contributed by atoms with Gasteiger partial charge in [0.05, 0.1) is 0 Å². The molecule has 0 atom stereocenters. The van der Waals surface area contributed by atoms with E-state index in [2.05, 4.69) is 15.1 Å². The van der Waals surface area contributed by atoms with Gasteiger partial charge in [-0.3, -0.25) is 14.8 Å². The maximum Gasteiger partial charge on any atom is 0.276 e. The molecule has 0 radical (unpaired) electrons. The Hall–Kier alpha value is -3.74. The normalized spacial score (nSPS) is 10.8. The van der Waals surface area contributed by atoms with Gasteiger partial charge in [-0.2, -0.15) is 0 Å². The molecule has 0 aliphatic heterocycles. The number of ether oxygens (including phenoxy) is 1. The summed E-state index contributed by atoms with van der Waals surface area (Å²) < 4.78 is 11.2. The minimum Gasteiger partial charge on any atom is -0.485 e.